The minimum Gasteiger partial charge on any atom is -0.478 e. The Balaban J connectivity index is 2.01. The van der Waals surface area contributed by atoms with Crippen molar-refractivity contribution in [3.63, 3.8) is 0 Å². The summed E-state index contributed by atoms with van der Waals surface area (Å²) in [5.74, 6) is 3.02. The summed E-state index contributed by atoms with van der Waals surface area (Å²) in [4.78, 5) is 8.57. The molecule has 0 bridgehead atoms. The molecule has 0 saturated carbocycles. The number of anilines is 1. The largest absolute Gasteiger partial charge is 0.478 e. The van der Waals surface area contributed by atoms with Crippen LogP contribution in [-0.2, 0) is 6.42 Å². The molecule has 1 unspecified atom stereocenters. The van der Waals surface area contributed by atoms with Crippen LogP contribution in [0.2, 0.25) is 0 Å². The van der Waals surface area contributed by atoms with Crippen LogP contribution in [0.1, 0.15) is 25.4 Å². The Morgan fingerprint density at radius 3 is 2.95 bits per heavy atom. The molecule has 0 aliphatic carbocycles. The van der Waals surface area contributed by atoms with E-state index in [9.17, 15) is 0 Å². The van der Waals surface area contributed by atoms with E-state index in [-0.39, 0.29) is 6.04 Å². The molecule has 0 spiro atoms. The first-order valence-electron chi connectivity index (χ1n) is 6.44. The van der Waals surface area contributed by atoms with Gasteiger partial charge in [0.2, 0.25) is 5.88 Å². The van der Waals surface area contributed by atoms with Crippen molar-refractivity contribution in [3.05, 3.63) is 36.0 Å². The number of aromatic nitrogens is 2. The Labute approximate surface area is 113 Å². The maximum absolute atomic E-state index is 5.41. The van der Waals surface area contributed by atoms with Crippen molar-refractivity contribution in [2.24, 2.45) is 0 Å². The Morgan fingerprint density at radius 2 is 2.26 bits per heavy atom. The highest BCUT2D eigenvalue weighted by Crippen LogP contribution is 2.15. The summed E-state index contributed by atoms with van der Waals surface area (Å²) in [6.07, 6.45) is 2.49. The van der Waals surface area contributed by atoms with E-state index in [2.05, 4.69) is 22.2 Å². The van der Waals surface area contributed by atoms with Gasteiger partial charge in [0.15, 0.2) is 0 Å². The molecule has 2 heterocycles. The van der Waals surface area contributed by atoms with Gasteiger partial charge in [-0.1, -0.05) is 0 Å². The third-order valence-electron chi connectivity index (χ3n) is 2.59. The molecule has 102 valence electrons. The molecule has 2 aromatic rings. The van der Waals surface area contributed by atoms with Gasteiger partial charge in [-0.25, -0.2) is 4.98 Å². The average Bonchev–Trinajstić information content (AvgIpc) is 2.81. The number of nitrogens with one attached hydrogen (secondary N) is 1. The van der Waals surface area contributed by atoms with E-state index in [4.69, 9.17) is 9.15 Å². The number of nitrogens with zero attached hydrogens (tertiary/aromatic N) is 2. The van der Waals surface area contributed by atoms with Crippen molar-refractivity contribution in [1.82, 2.24) is 9.97 Å². The quantitative estimate of drug-likeness (QED) is 0.866. The van der Waals surface area contributed by atoms with Gasteiger partial charge in [-0.15, -0.1) is 0 Å². The van der Waals surface area contributed by atoms with Crippen molar-refractivity contribution < 1.29 is 9.15 Å². The van der Waals surface area contributed by atoms with Gasteiger partial charge >= 0.3 is 0 Å². The number of furan rings is 1. The van der Waals surface area contributed by atoms with E-state index >= 15 is 0 Å². The van der Waals surface area contributed by atoms with Crippen LogP contribution in [0, 0.1) is 6.92 Å². The summed E-state index contributed by atoms with van der Waals surface area (Å²) in [6.45, 7) is 6.47. The summed E-state index contributed by atoms with van der Waals surface area (Å²) in [7, 11) is 0. The molecule has 0 fully saturated rings. The van der Waals surface area contributed by atoms with Crippen LogP contribution in [0.5, 0.6) is 5.88 Å². The normalized spacial score (nSPS) is 12.2. The fourth-order valence-corrected chi connectivity index (χ4v) is 1.87. The Bertz CT molecular complexity index is 511. The third-order valence-corrected chi connectivity index (χ3v) is 2.59. The zero-order chi connectivity index (χ0) is 13.7. The second-order valence-electron chi connectivity index (χ2n) is 4.40. The standard InChI is InChI=1S/C14H19N3O2/c1-4-18-14-9-13(16-11(3)17-14)15-10(2)8-12-6-5-7-19-12/h5-7,9-10H,4,8H2,1-3H3,(H,15,16,17). The second-order valence-corrected chi connectivity index (χ2v) is 4.40. The van der Waals surface area contributed by atoms with Crippen molar-refractivity contribution in [2.75, 3.05) is 11.9 Å². The van der Waals surface area contributed by atoms with Gasteiger partial charge < -0.3 is 14.5 Å². The number of ether oxygens (including phenoxy) is 1. The fraction of sp³-hybridized carbons (Fsp3) is 0.429. The molecule has 0 radical (unpaired) electrons. The van der Waals surface area contributed by atoms with Gasteiger partial charge in [-0.05, 0) is 32.9 Å². The van der Waals surface area contributed by atoms with Crippen LogP contribution < -0.4 is 10.1 Å². The second kappa shape index (κ2) is 6.22. The van der Waals surface area contributed by atoms with E-state index in [0.717, 1.165) is 18.0 Å². The third kappa shape index (κ3) is 3.98. The fourth-order valence-electron chi connectivity index (χ4n) is 1.87. The number of hydrogen-bond acceptors (Lipinski definition) is 5. The van der Waals surface area contributed by atoms with E-state index in [1.165, 1.54) is 0 Å². The number of aryl methyl sites for hydroxylation is 1. The lowest BCUT2D eigenvalue weighted by Crippen LogP contribution is -2.19. The van der Waals surface area contributed by atoms with Crippen LogP contribution in [0.3, 0.4) is 0 Å². The highest BCUT2D eigenvalue weighted by Gasteiger charge is 2.08. The van der Waals surface area contributed by atoms with Gasteiger partial charge in [-0.3, -0.25) is 0 Å². The molecule has 1 atom stereocenters. The van der Waals surface area contributed by atoms with Crippen molar-refractivity contribution in [1.29, 1.82) is 0 Å². The maximum atomic E-state index is 5.41. The first kappa shape index (κ1) is 13.4. The molecule has 5 heteroatoms. The first-order chi connectivity index (χ1) is 9.17. The lowest BCUT2D eigenvalue weighted by atomic mass is 10.2. The molecule has 0 aromatic carbocycles. The van der Waals surface area contributed by atoms with Gasteiger partial charge in [0, 0.05) is 18.5 Å². The molecule has 19 heavy (non-hydrogen) atoms. The molecule has 0 aliphatic rings. The Hall–Kier alpha value is -2.04. The Kier molecular flexibility index (Phi) is 4.39. The van der Waals surface area contributed by atoms with Crippen molar-refractivity contribution >= 4 is 5.82 Å². The van der Waals surface area contributed by atoms with Gasteiger partial charge in [0.25, 0.3) is 0 Å². The minimum atomic E-state index is 0.218. The molecule has 5 nitrogen and oxygen atoms in total. The molecule has 0 aliphatic heterocycles. The van der Waals surface area contributed by atoms with Crippen LogP contribution in [0.15, 0.2) is 28.9 Å². The van der Waals surface area contributed by atoms with Gasteiger partial charge in [-0.2, -0.15) is 4.98 Å². The highest BCUT2D eigenvalue weighted by molar-refractivity contribution is 5.39. The summed E-state index contributed by atoms with van der Waals surface area (Å²) < 4.78 is 10.7. The molecule has 1 N–H and O–H groups in total. The van der Waals surface area contributed by atoms with E-state index in [0.29, 0.717) is 18.3 Å². The molecule has 0 saturated heterocycles. The van der Waals surface area contributed by atoms with Crippen molar-refractivity contribution in [3.8, 4) is 5.88 Å². The lowest BCUT2D eigenvalue weighted by Gasteiger charge is -2.14. The summed E-state index contributed by atoms with van der Waals surface area (Å²) in [5.41, 5.74) is 0. The smallest absolute Gasteiger partial charge is 0.218 e. The summed E-state index contributed by atoms with van der Waals surface area (Å²) in [6, 6.07) is 5.89. The molecular weight excluding hydrogens is 242 g/mol. The predicted molar refractivity (Wildman–Crippen MR) is 73.4 cm³/mol. The Morgan fingerprint density at radius 1 is 1.42 bits per heavy atom. The molecular formula is C14H19N3O2. The maximum Gasteiger partial charge on any atom is 0.218 e. The van der Waals surface area contributed by atoms with Crippen molar-refractivity contribution in [2.45, 2.75) is 33.2 Å². The van der Waals surface area contributed by atoms with E-state index in [1.54, 1.807) is 6.26 Å². The molecule has 2 rings (SSSR count). The van der Waals surface area contributed by atoms with Crippen LogP contribution in [-0.4, -0.2) is 22.6 Å². The highest BCUT2D eigenvalue weighted by atomic mass is 16.5. The zero-order valence-corrected chi connectivity index (χ0v) is 11.5. The van der Waals surface area contributed by atoms with Crippen LogP contribution in [0.25, 0.3) is 0 Å². The van der Waals surface area contributed by atoms with Crippen LogP contribution >= 0.6 is 0 Å². The van der Waals surface area contributed by atoms with Gasteiger partial charge in [0.1, 0.15) is 17.4 Å². The topological polar surface area (TPSA) is 60.2 Å². The number of rotatable bonds is 6. The monoisotopic (exact) mass is 261 g/mol. The predicted octanol–water partition coefficient (Wildman–Crippen LogP) is 2.82. The SMILES string of the molecule is CCOc1cc(NC(C)Cc2ccco2)nc(C)n1. The zero-order valence-electron chi connectivity index (χ0n) is 11.5. The summed E-state index contributed by atoms with van der Waals surface area (Å²) in [5, 5.41) is 3.33. The lowest BCUT2D eigenvalue weighted by molar-refractivity contribution is 0.325. The van der Waals surface area contributed by atoms with E-state index in [1.807, 2.05) is 32.0 Å². The number of hydrogen-bond donors (Lipinski definition) is 1. The minimum absolute atomic E-state index is 0.218. The first-order valence-corrected chi connectivity index (χ1v) is 6.44. The molecule has 2 aromatic heterocycles. The van der Waals surface area contributed by atoms with Crippen LogP contribution in [0.4, 0.5) is 5.82 Å². The average molecular weight is 261 g/mol. The van der Waals surface area contributed by atoms with E-state index < -0.39 is 0 Å². The summed E-state index contributed by atoms with van der Waals surface area (Å²) >= 11 is 0. The van der Waals surface area contributed by atoms with Gasteiger partial charge in [0.05, 0.1) is 12.9 Å². The molecule has 0 amide bonds.